The lowest BCUT2D eigenvalue weighted by molar-refractivity contribution is -0.113. The predicted molar refractivity (Wildman–Crippen MR) is 90.0 cm³/mol. The summed E-state index contributed by atoms with van der Waals surface area (Å²) in [6.45, 7) is 0.597. The average molecular weight is 319 g/mol. The van der Waals surface area contributed by atoms with Gasteiger partial charge in [-0.2, -0.15) is 11.8 Å². The van der Waals surface area contributed by atoms with Crippen LogP contribution >= 0.6 is 23.1 Å². The van der Waals surface area contributed by atoms with Crippen molar-refractivity contribution in [2.24, 2.45) is 5.73 Å². The number of nitrogens with zero attached hydrogens (tertiary/aromatic N) is 1. The van der Waals surface area contributed by atoms with Crippen LogP contribution in [0.3, 0.4) is 0 Å². The molecule has 4 nitrogen and oxygen atoms in total. The number of anilines is 1. The molecule has 21 heavy (non-hydrogen) atoms. The Morgan fingerprint density at radius 1 is 1.38 bits per heavy atom. The number of hydrogen-bond acceptors (Lipinski definition) is 5. The van der Waals surface area contributed by atoms with Crippen molar-refractivity contribution >= 4 is 34.1 Å². The Kier molecular flexibility index (Phi) is 4.57. The van der Waals surface area contributed by atoms with Crippen LogP contribution in [0.15, 0.2) is 24.3 Å². The minimum Gasteiger partial charge on any atom is -0.330 e. The van der Waals surface area contributed by atoms with Gasteiger partial charge in [0, 0.05) is 22.7 Å². The fraction of sp³-hybridized carbons (Fsp3) is 0.333. The molecule has 0 saturated carbocycles. The summed E-state index contributed by atoms with van der Waals surface area (Å²) in [6, 6.07) is 8.36. The third-order valence-electron chi connectivity index (χ3n) is 3.33. The summed E-state index contributed by atoms with van der Waals surface area (Å²) in [7, 11) is 0. The van der Waals surface area contributed by atoms with E-state index < -0.39 is 0 Å². The van der Waals surface area contributed by atoms with E-state index in [1.807, 2.05) is 6.07 Å². The second-order valence-electron chi connectivity index (χ2n) is 4.84. The van der Waals surface area contributed by atoms with Gasteiger partial charge in [0.1, 0.15) is 0 Å². The molecule has 1 amide bonds. The summed E-state index contributed by atoms with van der Waals surface area (Å²) < 4.78 is 0. The van der Waals surface area contributed by atoms with Gasteiger partial charge in [-0.3, -0.25) is 4.79 Å². The number of aromatic nitrogens is 1. The fourth-order valence-electron chi connectivity index (χ4n) is 2.41. The minimum absolute atomic E-state index is 0.00664. The number of nitrogens with one attached hydrogen (secondary N) is 1. The van der Waals surface area contributed by atoms with Crippen LogP contribution in [0.2, 0.25) is 0 Å². The third-order valence-corrected chi connectivity index (χ3v) is 5.35. The van der Waals surface area contributed by atoms with E-state index in [2.05, 4.69) is 28.5 Å². The number of carbonyl (C=O) groups excluding carboxylic acids is 1. The van der Waals surface area contributed by atoms with Crippen LogP contribution in [-0.4, -0.2) is 28.9 Å². The number of nitrogens with two attached hydrogens (primary N) is 1. The van der Waals surface area contributed by atoms with Crippen LogP contribution in [0, 0.1) is 0 Å². The Balaban J connectivity index is 1.73. The van der Waals surface area contributed by atoms with Gasteiger partial charge in [-0.1, -0.05) is 24.3 Å². The van der Waals surface area contributed by atoms with Crippen molar-refractivity contribution in [1.29, 1.82) is 0 Å². The molecule has 1 aromatic carbocycles. The van der Waals surface area contributed by atoms with Gasteiger partial charge in [-0.25, -0.2) is 4.98 Å². The molecule has 0 saturated heterocycles. The highest BCUT2D eigenvalue weighted by atomic mass is 32.2. The molecule has 1 aliphatic rings. The van der Waals surface area contributed by atoms with Crippen molar-refractivity contribution in [3.63, 3.8) is 0 Å². The maximum atomic E-state index is 11.8. The number of aryl methyl sites for hydroxylation is 2. The maximum Gasteiger partial charge on any atom is 0.236 e. The van der Waals surface area contributed by atoms with Gasteiger partial charge in [0.05, 0.1) is 11.4 Å². The summed E-state index contributed by atoms with van der Waals surface area (Å²) >= 11 is 3.13. The normalized spacial score (nSPS) is 12.6. The Morgan fingerprint density at radius 2 is 2.24 bits per heavy atom. The van der Waals surface area contributed by atoms with E-state index in [0.717, 1.165) is 24.3 Å². The van der Waals surface area contributed by atoms with Gasteiger partial charge in [0.25, 0.3) is 0 Å². The number of thioether (sulfide) groups is 1. The van der Waals surface area contributed by atoms with E-state index >= 15 is 0 Å². The first-order valence-electron chi connectivity index (χ1n) is 6.93. The molecule has 3 rings (SSSR count). The average Bonchev–Trinajstić information content (AvgIpc) is 2.90. The number of rotatable bonds is 5. The summed E-state index contributed by atoms with van der Waals surface area (Å²) in [5.74, 6) is 1.22. The van der Waals surface area contributed by atoms with Gasteiger partial charge in [-0.05, 0) is 18.4 Å². The Morgan fingerprint density at radius 3 is 3.10 bits per heavy atom. The van der Waals surface area contributed by atoms with Gasteiger partial charge < -0.3 is 11.1 Å². The quantitative estimate of drug-likeness (QED) is 0.831. The second kappa shape index (κ2) is 6.60. The highest BCUT2D eigenvalue weighted by molar-refractivity contribution is 7.99. The zero-order valence-electron chi connectivity index (χ0n) is 11.6. The summed E-state index contributed by atoms with van der Waals surface area (Å²) in [5.41, 5.74) is 8.99. The topological polar surface area (TPSA) is 68.0 Å². The molecule has 1 heterocycles. The number of amides is 1. The third kappa shape index (κ3) is 3.28. The first kappa shape index (κ1) is 14.6. The van der Waals surface area contributed by atoms with Crippen molar-refractivity contribution in [3.8, 4) is 11.3 Å². The van der Waals surface area contributed by atoms with Crippen LogP contribution in [-0.2, 0) is 17.6 Å². The highest BCUT2D eigenvalue weighted by Gasteiger charge is 2.20. The van der Waals surface area contributed by atoms with Gasteiger partial charge in [0.15, 0.2) is 5.13 Å². The molecule has 2 aromatic rings. The molecular formula is C15H17N3OS2. The van der Waals surface area contributed by atoms with Crippen molar-refractivity contribution in [2.75, 3.05) is 23.4 Å². The van der Waals surface area contributed by atoms with E-state index in [1.54, 1.807) is 23.1 Å². The monoisotopic (exact) mass is 319 g/mol. The SMILES string of the molecule is NCCSCC(=O)Nc1nc2c(s1)CCc1ccccc1-2. The molecule has 0 unspecified atom stereocenters. The van der Waals surface area contributed by atoms with Crippen LogP contribution < -0.4 is 11.1 Å². The number of fused-ring (bicyclic) bond motifs is 3. The zero-order chi connectivity index (χ0) is 14.7. The molecule has 0 bridgehead atoms. The summed E-state index contributed by atoms with van der Waals surface area (Å²) in [5, 5.41) is 3.60. The maximum absolute atomic E-state index is 11.8. The summed E-state index contributed by atoms with van der Waals surface area (Å²) in [4.78, 5) is 17.7. The molecule has 0 aliphatic heterocycles. The number of thiazole rings is 1. The zero-order valence-corrected chi connectivity index (χ0v) is 13.2. The van der Waals surface area contributed by atoms with Gasteiger partial charge in [0.2, 0.25) is 5.91 Å². The molecule has 0 fully saturated rings. The lowest BCUT2D eigenvalue weighted by Crippen LogP contribution is -2.15. The van der Waals surface area contributed by atoms with Gasteiger partial charge in [-0.15, -0.1) is 11.3 Å². The predicted octanol–water partition coefficient (Wildman–Crippen LogP) is 2.54. The molecule has 0 spiro atoms. The van der Waals surface area contributed by atoms with Crippen molar-refractivity contribution in [1.82, 2.24) is 4.98 Å². The highest BCUT2D eigenvalue weighted by Crippen LogP contribution is 2.37. The minimum atomic E-state index is -0.00664. The molecule has 0 atom stereocenters. The van der Waals surface area contributed by atoms with E-state index in [9.17, 15) is 4.79 Å². The smallest absolute Gasteiger partial charge is 0.236 e. The Hall–Kier alpha value is -1.37. The lowest BCUT2D eigenvalue weighted by Gasteiger charge is -2.13. The first-order chi connectivity index (χ1) is 10.3. The van der Waals surface area contributed by atoms with E-state index in [4.69, 9.17) is 5.73 Å². The van der Waals surface area contributed by atoms with Crippen molar-refractivity contribution in [3.05, 3.63) is 34.7 Å². The second-order valence-corrected chi connectivity index (χ2v) is 7.03. The molecular weight excluding hydrogens is 302 g/mol. The molecule has 0 radical (unpaired) electrons. The van der Waals surface area contributed by atoms with Crippen LogP contribution in [0.4, 0.5) is 5.13 Å². The standard InChI is InChI=1S/C15H17N3OS2/c16-7-8-20-9-13(19)17-15-18-14-11-4-2-1-3-10(11)5-6-12(14)21-15/h1-4H,5-9,16H2,(H,17,18,19). The molecule has 3 N–H and O–H groups in total. The number of benzene rings is 1. The van der Waals surface area contributed by atoms with E-state index in [0.29, 0.717) is 17.4 Å². The number of carbonyl (C=O) groups is 1. The van der Waals surface area contributed by atoms with E-state index in [1.165, 1.54) is 16.0 Å². The van der Waals surface area contributed by atoms with Crippen LogP contribution in [0.5, 0.6) is 0 Å². The lowest BCUT2D eigenvalue weighted by atomic mass is 9.94. The molecule has 6 heteroatoms. The Bertz CT molecular complexity index is 654. The molecule has 1 aromatic heterocycles. The summed E-state index contributed by atoms with van der Waals surface area (Å²) in [6.07, 6.45) is 2.05. The first-order valence-corrected chi connectivity index (χ1v) is 8.90. The van der Waals surface area contributed by atoms with Crippen LogP contribution in [0.1, 0.15) is 10.4 Å². The van der Waals surface area contributed by atoms with Crippen molar-refractivity contribution in [2.45, 2.75) is 12.8 Å². The number of hydrogen-bond donors (Lipinski definition) is 2. The Labute approximate surface area is 132 Å². The largest absolute Gasteiger partial charge is 0.330 e. The van der Waals surface area contributed by atoms with E-state index in [-0.39, 0.29) is 5.91 Å². The van der Waals surface area contributed by atoms with Crippen molar-refractivity contribution < 1.29 is 4.79 Å². The van der Waals surface area contributed by atoms with Crippen LogP contribution in [0.25, 0.3) is 11.3 Å². The molecule has 1 aliphatic carbocycles. The van der Waals surface area contributed by atoms with Gasteiger partial charge >= 0.3 is 0 Å². The fourth-order valence-corrected chi connectivity index (χ4v) is 3.97. The molecule has 110 valence electrons.